The second kappa shape index (κ2) is 7.50. The third-order valence-corrected chi connectivity index (χ3v) is 5.44. The van der Waals surface area contributed by atoms with E-state index in [4.69, 9.17) is 10.5 Å². The number of halogens is 1. The van der Waals surface area contributed by atoms with Crippen LogP contribution >= 0.6 is 0 Å². The highest BCUT2D eigenvalue weighted by Crippen LogP contribution is 2.35. The second-order valence-electron chi connectivity index (χ2n) is 7.27. The molecule has 0 spiro atoms. The zero-order valence-electron chi connectivity index (χ0n) is 15.3. The van der Waals surface area contributed by atoms with Crippen LogP contribution in [-0.2, 0) is 11.2 Å². The van der Waals surface area contributed by atoms with Crippen LogP contribution in [-0.4, -0.2) is 35.7 Å². The summed E-state index contributed by atoms with van der Waals surface area (Å²) in [6, 6.07) is 13.8. The van der Waals surface area contributed by atoms with E-state index in [1.165, 1.54) is 17.7 Å². The molecule has 28 heavy (non-hydrogen) atoms. The number of rotatable bonds is 3. The number of nitrogens with zero attached hydrogens (tertiary/aromatic N) is 1. The Labute approximate surface area is 162 Å². The third-order valence-electron chi connectivity index (χ3n) is 5.44. The summed E-state index contributed by atoms with van der Waals surface area (Å²) in [7, 11) is 0. The van der Waals surface area contributed by atoms with Crippen molar-refractivity contribution in [3.05, 3.63) is 71.0 Å². The SMILES string of the molecule is NC(=O)O[C@H]1C[C@@H](NC(=O)N2CCc3ccccc3[C@@H]2c2ccc(F)cc2)C1. The van der Waals surface area contributed by atoms with Crippen molar-refractivity contribution in [1.82, 2.24) is 10.2 Å². The number of urea groups is 1. The maximum Gasteiger partial charge on any atom is 0.404 e. The van der Waals surface area contributed by atoms with Crippen LogP contribution in [0, 0.1) is 5.82 Å². The highest BCUT2D eigenvalue weighted by molar-refractivity contribution is 5.76. The van der Waals surface area contributed by atoms with Crippen LogP contribution in [0.2, 0.25) is 0 Å². The molecule has 3 amide bonds. The minimum Gasteiger partial charge on any atom is -0.446 e. The number of benzene rings is 2. The Morgan fingerprint density at radius 3 is 2.54 bits per heavy atom. The number of hydrogen-bond acceptors (Lipinski definition) is 3. The molecule has 6 nitrogen and oxygen atoms in total. The molecule has 1 aliphatic heterocycles. The highest BCUT2D eigenvalue weighted by Gasteiger charge is 2.37. The van der Waals surface area contributed by atoms with E-state index in [9.17, 15) is 14.0 Å². The largest absolute Gasteiger partial charge is 0.446 e. The number of nitrogens with one attached hydrogen (secondary N) is 1. The van der Waals surface area contributed by atoms with Crippen molar-refractivity contribution in [3.8, 4) is 0 Å². The van der Waals surface area contributed by atoms with Gasteiger partial charge in [-0.25, -0.2) is 14.0 Å². The molecule has 1 saturated carbocycles. The maximum absolute atomic E-state index is 13.4. The van der Waals surface area contributed by atoms with Crippen molar-refractivity contribution < 1.29 is 18.7 Å². The van der Waals surface area contributed by atoms with Crippen molar-refractivity contribution in [3.63, 3.8) is 0 Å². The quantitative estimate of drug-likeness (QED) is 0.854. The summed E-state index contributed by atoms with van der Waals surface area (Å²) in [4.78, 5) is 25.6. The Balaban J connectivity index is 1.53. The van der Waals surface area contributed by atoms with E-state index < -0.39 is 6.09 Å². The molecule has 1 heterocycles. The van der Waals surface area contributed by atoms with Gasteiger partial charge in [-0.1, -0.05) is 36.4 Å². The lowest BCUT2D eigenvalue weighted by atomic mass is 9.87. The minimum absolute atomic E-state index is 0.0529. The molecule has 2 aromatic rings. The van der Waals surface area contributed by atoms with E-state index in [2.05, 4.69) is 11.4 Å². The Bertz CT molecular complexity index is 881. The highest BCUT2D eigenvalue weighted by atomic mass is 19.1. The van der Waals surface area contributed by atoms with Gasteiger partial charge in [0.05, 0.1) is 6.04 Å². The average molecular weight is 383 g/mol. The number of carbonyl (C=O) groups excluding carboxylic acids is 2. The van der Waals surface area contributed by atoms with E-state index in [-0.39, 0.29) is 30.0 Å². The Morgan fingerprint density at radius 1 is 1.11 bits per heavy atom. The summed E-state index contributed by atoms with van der Waals surface area (Å²) in [5.41, 5.74) is 8.14. The molecule has 1 atom stereocenters. The van der Waals surface area contributed by atoms with Crippen LogP contribution < -0.4 is 11.1 Å². The molecule has 0 aromatic heterocycles. The normalized spacial score (nSPS) is 23.3. The fourth-order valence-electron chi connectivity index (χ4n) is 3.99. The molecule has 2 aromatic carbocycles. The van der Waals surface area contributed by atoms with Gasteiger partial charge in [0, 0.05) is 25.4 Å². The van der Waals surface area contributed by atoms with E-state index in [0.29, 0.717) is 19.4 Å². The molecule has 0 saturated heterocycles. The number of carbonyl (C=O) groups is 2. The molecule has 2 aliphatic rings. The van der Waals surface area contributed by atoms with Gasteiger partial charge in [-0.15, -0.1) is 0 Å². The van der Waals surface area contributed by atoms with Crippen molar-refractivity contribution >= 4 is 12.1 Å². The second-order valence-corrected chi connectivity index (χ2v) is 7.27. The smallest absolute Gasteiger partial charge is 0.404 e. The van der Waals surface area contributed by atoms with Gasteiger partial charge in [0.25, 0.3) is 0 Å². The molecule has 0 radical (unpaired) electrons. The summed E-state index contributed by atoms with van der Waals surface area (Å²) >= 11 is 0. The van der Waals surface area contributed by atoms with Crippen LogP contribution in [0.5, 0.6) is 0 Å². The minimum atomic E-state index is -0.793. The molecule has 3 N–H and O–H groups in total. The van der Waals surface area contributed by atoms with E-state index >= 15 is 0 Å². The van der Waals surface area contributed by atoms with Crippen molar-refractivity contribution in [2.45, 2.75) is 37.5 Å². The first kappa shape index (κ1) is 18.3. The molecule has 0 unspecified atom stereocenters. The Hall–Kier alpha value is -3.09. The number of fused-ring (bicyclic) bond motifs is 1. The van der Waals surface area contributed by atoms with Crippen LogP contribution in [0.3, 0.4) is 0 Å². The fourth-order valence-corrected chi connectivity index (χ4v) is 3.99. The van der Waals surface area contributed by atoms with Gasteiger partial charge in [0.15, 0.2) is 0 Å². The summed E-state index contributed by atoms with van der Waals surface area (Å²) in [6.45, 7) is 0.568. The van der Waals surface area contributed by atoms with Gasteiger partial charge in [-0.2, -0.15) is 0 Å². The van der Waals surface area contributed by atoms with Crippen LogP contribution in [0.15, 0.2) is 48.5 Å². The first-order chi connectivity index (χ1) is 13.5. The molecular formula is C21H22FN3O3. The zero-order chi connectivity index (χ0) is 19.7. The fraction of sp³-hybridized carbons (Fsp3) is 0.333. The number of nitrogens with two attached hydrogens (primary N) is 1. The molecule has 4 rings (SSSR count). The van der Waals surface area contributed by atoms with E-state index in [0.717, 1.165) is 17.5 Å². The summed E-state index contributed by atoms with van der Waals surface area (Å²) in [6.07, 6.45) is 0.844. The number of ether oxygens (including phenoxy) is 1. The monoisotopic (exact) mass is 383 g/mol. The molecule has 7 heteroatoms. The predicted molar refractivity (Wildman–Crippen MR) is 101 cm³/mol. The van der Waals surface area contributed by atoms with Crippen molar-refractivity contribution in [2.24, 2.45) is 5.73 Å². The topological polar surface area (TPSA) is 84.7 Å². The predicted octanol–water partition coefficient (Wildman–Crippen LogP) is 3.11. The van der Waals surface area contributed by atoms with Gasteiger partial charge < -0.3 is 20.7 Å². The van der Waals surface area contributed by atoms with Gasteiger partial charge in [-0.05, 0) is 35.2 Å². The van der Waals surface area contributed by atoms with Gasteiger partial charge in [0.1, 0.15) is 11.9 Å². The molecule has 1 fully saturated rings. The van der Waals surface area contributed by atoms with Crippen molar-refractivity contribution in [1.29, 1.82) is 0 Å². The first-order valence-electron chi connectivity index (χ1n) is 9.38. The third kappa shape index (κ3) is 3.65. The number of primary amides is 1. The lowest BCUT2D eigenvalue weighted by Gasteiger charge is -2.41. The Morgan fingerprint density at radius 2 is 1.82 bits per heavy atom. The van der Waals surface area contributed by atoms with Crippen molar-refractivity contribution in [2.75, 3.05) is 6.54 Å². The Kier molecular flexibility index (Phi) is 4.90. The van der Waals surface area contributed by atoms with E-state index in [1.54, 1.807) is 17.0 Å². The number of amides is 3. The van der Waals surface area contributed by atoms with Gasteiger partial charge in [0.2, 0.25) is 0 Å². The average Bonchev–Trinajstić information content (AvgIpc) is 2.65. The number of hydrogen-bond donors (Lipinski definition) is 2. The zero-order valence-corrected chi connectivity index (χ0v) is 15.3. The lowest BCUT2D eigenvalue weighted by Crippen LogP contribution is -2.54. The van der Waals surface area contributed by atoms with Crippen LogP contribution in [0.1, 0.15) is 35.6 Å². The molecule has 0 bridgehead atoms. The van der Waals surface area contributed by atoms with Gasteiger partial charge >= 0.3 is 12.1 Å². The lowest BCUT2D eigenvalue weighted by molar-refractivity contribution is 0.0382. The maximum atomic E-state index is 13.4. The summed E-state index contributed by atoms with van der Waals surface area (Å²) < 4.78 is 18.4. The molecular weight excluding hydrogens is 361 g/mol. The molecule has 146 valence electrons. The van der Waals surface area contributed by atoms with Gasteiger partial charge in [-0.3, -0.25) is 0 Å². The molecule has 1 aliphatic carbocycles. The first-order valence-corrected chi connectivity index (χ1v) is 9.38. The summed E-state index contributed by atoms with van der Waals surface area (Å²) in [5, 5.41) is 3.01. The standard InChI is InChI=1S/C21H22FN3O3/c22-15-7-5-14(6-8-15)19-18-4-2-1-3-13(18)9-10-25(19)21(27)24-16-11-17(12-16)28-20(23)26/h1-8,16-17,19H,9-12H2,(H2,23,26)(H,24,27)/t16-,17+,19-/m0/s1. The summed E-state index contributed by atoms with van der Waals surface area (Å²) in [5.74, 6) is -0.307. The van der Waals surface area contributed by atoms with Crippen LogP contribution in [0.4, 0.5) is 14.0 Å². The van der Waals surface area contributed by atoms with E-state index in [1.807, 2.05) is 18.2 Å². The van der Waals surface area contributed by atoms with Crippen LogP contribution in [0.25, 0.3) is 0 Å².